The van der Waals surface area contributed by atoms with Gasteiger partial charge in [0.2, 0.25) is 0 Å². The quantitative estimate of drug-likeness (QED) is 0.666. The molecule has 2 rings (SSSR count). The summed E-state index contributed by atoms with van der Waals surface area (Å²) in [6.07, 6.45) is 0.765. The number of hydrogen-bond acceptors (Lipinski definition) is 7. The highest BCUT2D eigenvalue weighted by Crippen LogP contribution is 2.31. The first-order valence-corrected chi connectivity index (χ1v) is 8.47. The zero-order valence-corrected chi connectivity index (χ0v) is 15.7. The standard InChI is InChI=1S/C16H23ClN4O5/c1-16(2,3)26-15(24)21-5-4-19-9(7-21)8-25-12-11(14(22)23)10(18)6-20-13(12)17/h6,9,19H,4-5,7-8,18H2,1-3H3,(H,22,23). The number of ether oxygens (including phenoxy) is 2. The zero-order chi connectivity index (χ0) is 19.5. The molecule has 2 heterocycles. The second kappa shape index (κ2) is 7.96. The number of anilines is 1. The fourth-order valence-corrected chi connectivity index (χ4v) is 2.65. The molecule has 1 aromatic rings. The number of piperazine rings is 1. The molecular weight excluding hydrogens is 364 g/mol. The van der Waals surface area contributed by atoms with Crippen molar-refractivity contribution in [2.24, 2.45) is 0 Å². The Bertz CT molecular complexity index is 692. The first-order chi connectivity index (χ1) is 12.1. The van der Waals surface area contributed by atoms with Gasteiger partial charge in [0.1, 0.15) is 17.8 Å². The smallest absolute Gasteiger partial charge is 0.410 e. The van der Waals surface area contributed by atoms with Crippen LogP contribution in [0.3, 0.4) is 0 Å². The zero-order valence-electron chi connectivity index (χ0n) is 14.9. The van der Waals surface area contributed by atoms with Crippen molar-refractivity contribution in [2.45, 2.75) is 32.4 Å². The molecule has 1 unspecified atom stereocenters. The molecule has 0 bridgehead atoms. The van der Waals surface area contributed by atoms with Crippen LogP contribution in [0.25, 0.3) is 0 Å². The molecule has 4 N–H and O–H groups in total. The maximum atomic E-state index is 12.2. The van der Waals surface area contributed by atoms with E-state index in [1.165, 1.54) is 6.20 Å². The molecule has 1 saturated heterocycles. The Hall–Kier alpha value is -2.26. The summed E-state index contributed by atoms with van der Waals surface area (Å²) in [5.74, 6) is -1.34. The van der Waals surface area contributed by atoms with Crippen LogP contribution in [0.2, 0.25) is 5.15 Å². The SMILES string of the molecule is CC(C)(C)OC(=O)N1CCNC(COc2c(Cl)ncc(N)c2C(=O)O)C1. The van der Waals surface area contributed by atoms with Crippen LogP contribution >= 0.6 is 11.6 Å². The number of nitrogens with zero attached hydrogens (tertiary/aromatic N) is 2. The van der Waals surface area contributed by atoms with Gasteiger partial charge in [-0.15, -0.1) is 0 Å². The molecule has 1 aliphatic rings. The second-order valence-corrected chi connectivity index (χ2v) is 7.26. The number of nitrogens with two attached hydrogens (primary N) is 1. The van der Waals surface area contributed by atoms with E-state index in [1.54, 1.807) is 25.7 Å². The maximum absolute atomic E-state index is 12.2. The number of amides is 1. The lowest BCUT2D eigenvalue weighted by atomic mass is 10.2. The highest BCUT2D eigenvalue weighted by Gasteiger charge is 2.28. The van der Waals surface area contributed by atoms with E-state index in [-0.39, 0.29) is 34.8 Å². The number of aromatic carboxylic acids is 1. The number of nitrogen functional groups attached to an aromatic ring is 1. The average Bonchev–Trinajstić information content (AvgIpc) is 2.53. The molecular formula is C16H23ClN4O5. The second-order valence-electron chi connectivity index (χ2n) is 6.90. The lowest BCUT2D eigenvalue weighted by molar-refractivity contribution is 0.0178. The highest BCUT2D eigenvalue weighted by molar-refractivity contribution is 6.31. The number of carbonyl (C=O) groups excluding carboxylic acids is 1. The van der Waals surface area contributed by atoms with Crippen molar-refractivity contribution in [1.29, 1.82) is 0 Å². The largest absolute Gasteiger partial charge is 0.488 e. The lowest BCUT2D eigenvalue weighted by Gasteiger charge is -2.34. The Morgan fingerprint density at radius 2 is 2.19 bits per heavy atom. The third-order valence-electron chi connectivity index (χ3n) is 3.57. The van der Waals surface area contributed by atoms with Gasteiger partial charge >= 0.3 is 12.1 Å². The number of halogens is 1. The average molecular weight is 387 g/mol. The summed E-state index contributed by atoms with van der Waals surface area (Å²) < 4.78 is 10.9. The van der Waals surface area contributed by atoms with E-state index in [0.717, 1.165) is 0 Å². The van der Waals surface area contributed by atoms with Crippen LogP contribution in [0.4, 0.5) is 10.5 Å². The molecule has 1 aliphatic heterocycles. The van der Waals surface area contributed by atoms with Crippen molar-refractivity contribution in [1.82, 2.24) is 15.2 Å². The molecule has 0 aromatic carbocycles. The Labute approximate surface area is 156 Å². The molecule has 9 nitrogen and oxygen atoms in total. The summed E-state index contributed by atoms with van der Waals surface area (Å²) in [6.45, 7) is 6.91. The van der Waals surface area contributed by atoms with Crippen LogP contribution in [0.15, 0.2) is 6.20 Å². The maximum Gasteiger partial charge on any atom is 0.410 e. The molecule has 144 valence electrons. The van der Waals surface area contributed by atoms with Crippen molar-refractivity contribution in [3.63, 3.8) is 0 Å². The van der Waals surface area contributed by atoms with Crippen LogP contribution < -0.4 is 15.8 Å². The number of pyridine rings is 1. The lowest BCUT2D eigenvalue weighted by Crippen LogP contribution is -2.55. The fourth-order valence-electron chi connectivity index (χ4n) is 2.45. The number of rotatable bonds is 4. The Balaban J connectivity index is 2.03. The first-order valence-electron chi connectivity index (χ1n) is 8.10. The molecule has 1 amide bonds. The molecule has 26 heavy (non-hydrogen) atoms. The van der Waals surface area contributed by atoms with Crippen molar-refractivity contribution in [3.8, 4) is 5.75 Å². The normalized spacial score (nSPS) is 17.7. The molecule has 0 saturated carbocycles. The third-order valence-corrected chi connectivity index (χ3v) is 3.84. The van der Waals surface area contributed by atoms with Crippen molar-refractivity contribution in [2.75, 3.05) is 32.0 Å². The van der Waals surface area contributed by atoms with Crippen molar-refractivity contribution in [3.05, 3.63) is 16.9 Å². The van der Waals surface area contributed by atoms with Crippen molar-refractivity contribution < 1.29 is 24.2 Å². The number of carbonyl (C=O) groups is 2. The summed E-state index contributed by atoms with van der Waals surface area (Å²) in [6, 6.07) is -0.226. The van der Waals surface area contributed by atoms with Gasteiger partial charge in [0.05, 0.1) is 17.9 Å². The number of aromatic nitrogens is 1. The monoisotopic (exact) mass is 386 g/mol. The van der Waals surface area contributed by atoms with Gasteiger partial charge in [0.15, 0.2) is 10.9 Å². The van der Waals surface area contributed by atoms with E-state index in [4.69, 9.17) is 26.8 Å². The van der Waals surface area contributed by atoms with Crippen LogP contribution in [0.1, 0.15) is 31.1 Å². The van der Waals surface area contributed by atoms with E-state index >= 15 is 0 Å². The number of carboxylic acids is 1. The van der Waals surface area contributed by atoms with Gasteiger partial charge in [-0.3, -0.25) is 0 Å². The molecule has 1 fully saturated rings. The minimum Gasteiger partial charge on any atom is -0.488 e. The highest BCUT2D eigenvalue weighted by atomic mass is 35.5. The van der Waals surface area contributed by atoms with Gasteiger partial charge in [-0.1, -0.05) is 11.6 Å². The van der Waals surface area contributed by atoms with E-state index in [9.17, 15) is 14.7 Å². The summed E-state index contributed by atoms with van der Waals surface area (Å²) in [4.78, 5) is 29.0. The van der Waals surface area contributed by atoms with Gasteiger partial charge < -0.3 is 30.5 Å². The molecule has 0 radical (unpaired) electrons. The molecule has 0 spiro atoms. The van der Waals surface area contributed by atoms with Gasteiger partial charge in [-0.2, -0.15) is 0 Å². The van der Waals surface area contributed by atoms with Gasteiger partial charge in [-0.05, 0) is 20.8 Å². The van der Waals surface area contributed by atoms with Crippen LogP contribution in [0, 0.1) is 0 Å². The Morgan fingerprint density at radius 3 is 2.81 bits per heavy atom. The summed E-state index contributed by atoms with van der Waals surface area (Å²) >= 11 is 5.95. The molecule has 1 atom stereocenters. The number of carboxylic acid groups (broad SMARTS) is 1. The third kappa shape index (κ3) is 5.12. The van der Waals surface area contributed by atoms with Crippen LogP contribution in [-0.4, -0.2) is 64.9 Å². The Morgan fingerprint density at radius 1 is 1.50 bits per heavy atom. The van der Waals surface area contributed by atoms with E-state index in [2.05, 4.69) is 10.3 Å². The van der Waals surface area contributed by atoms with Gasteiger partial charge in [-0.25, -0.2) is 14.6 Å². The first kappa shape index (κ1) is 20.1. The van der Waals surface area contributed by atoms with E-state index in [0.29, 0.717) is 19.6 Å². The van der Waals surface area contributed by atoms with E-state index in [1.807, 2.05) is 0 Å². The Kier molecular flexibility index (Phi) is 6.14. The van der Waals surface area contributed by atoms with Crippen LogP contribution in [-0.2, 0) is 4.74 Å². The number of hydrogen-bond donors (Lipinski definition) is 3. The fraction of sp³-hybridized carbons (Fsp3) is 0.562. The minimum atomic E-state index is -1.26. The van der Waals surface area contributed by atoms with Gasteiger partial charge in [0, 0.05) is 19.6 Å². The molecule has 0 aliphatic carbocycles. The van der Waals surface area contributed by atoms with Crippen LogP contribution in [0.5, 0.6) is 5.75 Å². The van der Waals surface area contributed by atoms with E-state index < -0.39 is 17.7 Å². The predicted molar refractivity (Wildman–Crippen MR) is 95.7 cm³/mol. The molecule has 10 heteroatoms. The topological polar surface area (TPSA) is 127 Å². The summed E-state index contributed by atoms with van der Waals surface area (Å²) in [5.41, 5.74) is 4.81. The summed E-state index contributed by atoms with van der Waals surface area (Å²) in [7, 11) is 0. The summed E-state index contributed by atoms with van der Waals surface area (Å²) in [5, 5.41) is 12.4. The minimum absolute atomic E-state index is 0.0381. The van der Waals surface area contributed by atoms with Gasteiger partial charge in [0.25, 0.3) is 0 Å². The number of nitrogens with one attached hydrogen (secondary N) is 1. The predicted octanol–water partition coefficient (Wildman–Crippen LogP) is 1.60. The molecule has 1 aromatic heterocycles. The van der Waals surface area contributed by atoms with Crippen molar-refractivity contribution >= 4 is 29.4 Å².